The van der Waals surface area contributed by atoms with E-state index < -0.39 is 6.17 Å². The molecule has 0 spiro atoms. The first-order valence-electron chi connectivity index (χ1n) is 5.05. The van der Waals surface area contributed by atoms with Gasteiger partial charge in [-0.25, -0.2) is 4.39 Å². The van der Waals surface area contributed by atoms with Crippen LogP contribution in [0.2, 0.25) is 0 Å². The van der Waals surface area contributed by atoms with E-state index in [1.165, 1.54) is 0 Å². The fraction of sp³-hybridized carbons (Fsp3) is 0.700. The molecule has 1 fully saturated rings. The van der Waals surface area contributed by atoms with Crippen molar-refractivity contribution in [3.8, 4) is 0 Å². The van der Waals surface area contributed by atoms with Gasteiger partial charge in [0.15, 0.2) is 0 Å². The zero-order chi connectivity index (χ0) is 9.97. The monoisotopic (exact) mass is 198 g/mol. The lowest BCUT2D eigenvalue weighted by Gasteiger charge is -2.13. The molecule has 0 aliphatic heterocycles. The summed E-state index contributed by atoms with van der Waals surface area (Å²) in [5.41, 5.74) is 1.02. The normalized spacial score (nSPS) is 27.0. The molecule has 2 rings (SSSR count). The Balaban J connectivity index is 1.85. The van der Waals surface area contributed by atoms with Crippen molar-refractivity contribution >= 4 is 0 Å². The van der Waals surface area contributed by atoms with E-state index in [4.69, 9.17) is 4.52 Å². The number of aryl methyl sites for hydroxylation is 1. The highest BCUT2D eigenvalue weighted by atomic mass is 19.1. The van der Waals surface area contributed by atoms with Gasteiger partial charge in [-0.05, 0) is 26.2 Å². The first kappa shape index (κ1) is 9.65. The van der Waals surface area contributed by atoms with Crippen LogP contribution in [0.4, 0.5) is 4.39 Å². The quantitative estimate of drug-likeness (QED) is 0.806. The van der Waals surface area contributed by atoms with Crippen LogP contribution in [0, 0.1) is 6.92 Å². The topological polar surface area (TPSA) is 38.1 Å². The summed E-state index contributed by atoms with van der Waals surface area (Å²) in [7, 11) is 0. The second kappa shape index (κ2) is 4.09. The largest absolute Gasteiger partial charge is 0.361 e. The fourth-order valence-corrected chi connectivity index (χ4v) is 1.87. The Labute approximate surface area is 82.7 Å². The molecule has 78 valence electrons. The van der Waals surface area contributed by atoms with E-state index in [1.54, 1.807) is 6.20 Å². The molecule has 1 aliphatic rings. The van der Waals surface area contributed by atoms with Crippen molar-refractivity contribution in [1.82, 2.24) is 10.5 Å². The molecule has 1 aliphatic carbocycles. The highest BCUT2D eigenvalue weighted by Gasteiger charge is 2.26. The van der Waals surface area contributed by atoms with E-state index in [0.717, 1.165) is 24.2 Å². The molecule has 1 saturated carbocycles. The molecular weight excluding hydrogens is 183 g/mol. The summed E-state index contributed by atoms with van der Waals surface area (Å²) < 4.78 is 18.1. The summed E-state index contributed by atoms with van der Waals surface area (Å²) in [4.78, 5) is 0. The van der Waals surface area contributed by atoms with Gasteiger partial charge >= 0.3 is 0 Å². The van der Waals surface area contributed by atoms with Crippen molar-refractivity contribution in [2.24, 2.45) is 0 Å². The smallest absolute Gasteiger partial charge is 0.138 e. The van der Waals surface area contributed by atoms with Gasteiger partial charge in [-0.3, -0.25) is 0 Å². The lowest BCUT2D eigenvalue weighted by atomic mass is 10.2. The molecule has 14 heavy (non-hydrogen) atoms. The summed E-state index contributed by atoms with van der Waals surface area (Å²) in [6.45, 7) is 2.52. The van der Waals surface area contributed by atoms with Crippen LogP contribution in [-0.2, 0) is 6.54 Å². The number of rotatable bonds is 3. The summed E-state index contributed by atoms with van der Waals surface area (Å²) in [6, 6.07) is 0.0179. The Morgan fingerprint density at radius 1 is 1.64 bits per heavy atom. The van der Waals surface area contributed by atoms with E-state index >= 15 is 0 Å². The third kappa shape index (κ3) is 1.95. The van der Waals surface area contributed by atoms with E-state index in [-0.39, 0.29) is 6.04 Å². The standard InChI is InChI=1S/C10H15FN2O/c1-7-8(6-13-14-7)5-12-10-4-2-3-9(10)11/h6,9-10,12H,2-5H2,1H3. The van der Waals surface area contributed by atoms with Gasteiger partial charge < -0.3 is 9.84 Å². The Hall–Kier alpha value is -0.900. The zero-order valence-corrected chi connectivity index (χ0v) is 8.29. The predicted octanol–water partition coefficient (Wildman–Crippen LogP) is 1.96. The van der Waals surface area contributed by atoms with Gasteiger partial charge in [0.05, 0.1) is 6.20 Å². The Morgan fingerprint density at radius 2 is 2.50 bits per heavy atom. The van der Waals surface area contributed by atoms with E-state index in [9.17, 15) is 4.39 Å². The molecule has 0 saturated heterocycles. The molecule has 0 radical (unpaired) electrons. The number of halogens is 1. The van der Waals surface area contributed by atoms with Crippen molar-refractivity contribution in [3.63, 3.8) is 0 Å². The number of nitrogens with one attached hydrogen (secondary N) is 1. The molecule has 0 bridgehead atoms. The lowest BCUT2D eigenvalue weighted by Crippen LogP contribution is -2.32. The molecule has 0 aromatic carbocycles. The molecule has 0 amide bonds. The molecule has 1 aromatic rings. The highest BCUT2D eigenvalue weighted by molar-refractivity contribution is 5.11. The van der Waals surface area contributed by atoms with Gasteiger partial charge in [0.1, 0.15) is 11.9 Å². The number of alkyl halides is 1. The number of hydrogen-bond donors (Lipinski definition) is 1. The molecule has 1 heterocycles. The minimum atomic E-state index is -0.685. The van der Waals surface area contributed by atoms with Gasteiger partial charge in [0, 0.05) is 18.2 Å². The van der Waals surface area contributed by atoms with Crippen LogP contribution < -0.4 is 5.32 Å². The van der Waals surface area contributed by atoms with E-state index in [2.05, 4.69) is 10.5 Å². The van der Waals surface area contributed by atoms with E-state index in [1.807, 2.05) is 6.92 Å². The Bertz CT molecular complexity index is 300. The Kier molecular flexibility index (Phi) is 2.82. The second-order valence-corrected chi connectivity index (χ2v) is 3.84. The van der Waals surface area contributed by atoms with Crippen LogP contribution in [-0.4, -0.2) is 17.4 Å². The van der Waals surface area contributed by atoms with Gasteiger partial charge in [-0.1, -0.05) is 5.16 Å². The molecule has 4 heteroatoms. The van der Waals surface area contributed by atoms with Crippen molar-refractivity contribution in [3.05, 3.63) is 17.5 Å². The summed E-state index contributed by atoms with van der Waals surface area (Å²) >= 11 is 0. The summed E-state index contributed by atoms with van der Waals surface area (Å²) in [5, 5.41) is 6.88. The Morgan fingerprint density at radius 3 is 3.07 bits per heavy atom. The van der Waals surface area contributed by atoms with Crippen molar-refractivity contribution in [2.75, 3.05) is 0 Å². The SMILES string of the molecule is Cc1oncc1CNC1CCCC1F. The number of hydrogen-bond acceptors (Lipinski definition) is 3. The van der Waals surface area contributed by atoms with Crippen LogP contribution in [0.25, 0.3) is 0 Å². The van der Waals surface area contributed by atoms with Crippen LogP contribution in [0.1, 0.15) is 30.6 Å². The third-order valence-corrected chi connectivity index (χ3v) is 2.84. The minimum Gasteiger partial charge on any atom is -0.361 e. The number of nitrogens with zero attached hydrogens (tertiary/aromatic N) is 1. The fourth-order valence-electron chi connectivity index (χ4n) is 1.87. The molecular formula is C10H15FN2O. The lowest BCUT2D eigenvalue weighted by molar-refractivity contribution is 0.279. The average molecular weight is 198 g/mol. The van der Waals surface area contributed by atoms with Gasteiger partial charge in [0.25, 0.3) is 0 Å². The van der Waals surface area contributed by atoms with Crippen molar-refractivity contribution < 1.29 is 8.91 Å². The zero-order valence-electron chi connectivity index (χ0n) is 8.29. The van der Waals surface area contributed by atoms with Gasteiger partial charge in [-0.2, -0.15) is 0 Å². The maximum atomic E-state index is 13.2. The van der Waals surface area contributed by atoms with Gasteiger partial charge in [0.2, 0.25) is 0 Å². The minimum absolute atomic E-state index is 0.0179. The van der Waals surface area contributed by atoms with Crippen LogP contribution in [0.3, 0.4) is 0 Å². The molecule has 2 atom stereocenters. The maximum Gasteiger partial charge on any atom is 0.138 e. The van der Waals surface area contributed by atoms with Crippen molar-refractivity contribution in [1.29, 1.82) is 0 Å². The summed E-state index contributed by atoms with van der Waals surface area (Å²) in [6.07, 6.45) is 3.62. The molecule has 1 N–H and O–H groups in total. The molecule has 2 unspecified atom stereocenters. The predicted molar refractivity (Wildman–Crippen MR) is 50.6 cm³/mol. The maximum absolute atomic E-state index is 13.2. The third-order valence-electron chi connectivity index (χ3n) is 2.84. The first-order valence-corrected chi connectivity index (χ1v) is 5.05. The molecule has 1 aromatic heterocycles. The number of aromatic nitrogens is 1. The first-order chi connectivity index (χ1) is 6.77. The summed E-state index contributed by atoms with van der Waals surface area (Å²) in [5.74, 6) is 0.811. The highest BCUT2D eigenvalue weighted by Crippen LogP contribution is 2.22. The van der Waals surface area contributed by atoms with Crippen molar-refractivity contribution in [2.45, 2.75) is 44.9 Å². The molecule has 3 nitrogen and oxygen atoms in total. The average Bonchev–Trinajstić information content (AvgIpc) is 2.72. The second-order valence-electron chi connectivity index (χ2n) is 3.84. The van der Waals surface area contributed by atoms with E-state index in [0.29, 0.717) is 13.0 Å². The van der Waals surface area contributed by atoms with Crippen LogP contribution in [0.5, 0.6) is 0 Å². The van der Waals surface area contributed by atoms with Crippen LogP contribution >= 0.6 is 0 Å². The van der Waals surface area contributed by atoms with Crippen LogP contribution in [0.15, 0.2) is 10.7 Å². The van der Waals surface area contributed by atoms with Gasteiger partial charge in [-0.15, -0.1) is 0 Å².